The second-order valence-electron chi connectivity index (χ2n) is 5.34. The van der Waals surface area contributed by atoms with Crippen LogP contribution in [-0.2, 0) is 12.8 Å². The summed E-state index contributed by atoms with van der Waals surface area (Å²) in [6, 6.07) is 11.0. The molecule has 3 nitrogen and oxygen atoms in total. The van der Waals surface area contributed by atoms with Crippen molar-refractivity contribution in [2.45, 2.75) is 25.7 Å². The Hall–Kier alpha value is -2.00. The molecule has 0 fully saturated rings. The maximum atomic E-state index is 12.4. The Morgan fingerprint density at radius 1 is 1.14 bits per heavy atom. The highest BCUT2D eigenvalue weighted by Gasteiger charge is 2.16. The number of nitrogen functional groups attached to an aromatic ring is 1. The lowest BCUT2D eigenvalue weighted by molar-refractivity contribution is 0.102. The van der Waals surface area contributed by atoms with Crippen LogP contribution < -0.4 is 11.1 Å². The lowest BCUT2D eigenvalue weighted by atomic mass is 9.90. The van der Waals surface area contributed by atoms with E-state index in [1.165, 1.54) is 24.0 Å². The highest BCUT2D eigenvalue weighted by molar-refractivity contribution is 6.31. The van der Waals surface area contributed by atoms with Crippen molar-refractivity contribution >= 4 is 28.9 Å². The van der Waals surface area contributed by atoms with Gasteiger partial charge in [-0.25, -0.2) is 0 Å². The predicted molar refractivity (Wildman–Crippen MR) is 86.9 cm³/mol. The van der Waals surface area contributed by atoms with Gasteiger partial charge in [-0.05, 0) is 61.1 Å². The van der Waals surface area contributed by atoms with Crippen molar-refractivity contribution in [3.8, 4) is 0 Å². The zero-order valence-corrected chi connectivity index (χ0v) is 12.4. The van der Waals surface area contributed by atoms with E-state index in [4.69, 9.17) is 17.3 Å². The molecule has 0 aliphatic heterocycles. The number of nitrogens with two attached hydrogens (primary N) is 1. The summed E-state index contributed by atoms with van der Waals surface area (Å²) in [6.45, 7) is 0. The van der Waals surface area contributed by atoms with Crippen molar-refractivity contribution in [3.63, 3.8) is 0 Å². The molecular formula is C17H17ClN2O. The Balaban J connectivity index is 1.90. The number of hydrogen-bond acceptors (Lipinski definition) is 2. The molecule has 2 aromatic rings. The number of carbonyl (C=O) groups excluding carboxylic acids is 1. The van der Waals surface area contributed by atoms with Gasteiger partial charge in [0.15, 0.2) is 0 Å². The summed E-state index contributed by atoms with van der Waals surface area (Å²) in [4.78, 5) is 12.4. The van der Waals surface area contributed by atoms with E-state index in [1.54, 1.807) is 18.2 Å². The predicted octanol–water partition coefficient (Wildman–Crippen LogP) is 4.05. The van der Waals surface area contributed by atoms with Crippen LogP contribution >= 0.6 is 11.6 Å². The van der Waals surface area contributed by atoms with Crippen LogP contribution in [0.1, 0.15) is 34.3 Å². The van der Waals surface area contributed by atoms with E-state index < -0.39 is 0 Å². The van der Waals surface area contributed by atoms with Gasteiger partial charge in [-0.2, -0.15) is 0 Å². The van der Waals surface area contributed by atoms with Gasteiger partial charge in [-0.1, -0.05) is 23.7 Å². The van der Waals surface area contributed by atoms with E-state index in [0.717, 1.165) is 18.5 Å². The van der Waals surface area contributed by atoms with E-state index in [0.29, 0.717) is 16.3 Å². The van der Waals surface area contributed by atoms with Crippen LogP contribution in [0.4, 0.5) is 11.4 Å². The quantitative estimate of drug-likeness (QED) is 0.822. The summed E-state index contributed by atoms with van der Waals surface area (Å²) >= 11 is 5.94. The smallest absolute Gasteiger partial charge is 0.257 e. The van der Waals surface area contributed by atoms with E-state index >= 15 is 0 Å². The van der Waals surface area contributed by atoms with Gasteiger partial charge in [-0.3, -0.25) is 4.79 Å². The number of carbonyl (C=O) groups is 1. The minimum atomic E-state index is -0.214. The Labute approximate surface area is 129 Å². The van der Waals surface area contributed by atoms with Crippen LogP contribution in [0.15, 0.2) is 36.4 Å². The third-order valence-corrected chi connectivity index (χ3v) is 4.14. The van der Waals surface area contributed by atoms with Gasteiger partial charge < -0.3 is 11.1 Å². The molecule has 0 saturated heterocycles. The maximum absolute atomic E-state index is 12.4. The number of benzene rings is 2. The molecule has 0 aromatic heterocycles. The number of anilines is 2. The summed E-state index contributed by atoms with van der Waals surface area (Å²) in [6.07, 6.45) is 4.47. The van der Waals surface area contributed by atoms with E-state index in [9.17, 15) is 4.79 Å². The van der Waals surface area contributed by atoms with Crippen molar-refractivity contribution in [1.82, 2.24) is 0 Å². The van der Waals surface area contributed by atoms with Crippen LogP contribution in [0.5, 0.6) is 0 Å². The van der Waals surface area contributed by atoms with Gasteiger partial charge in [0.25, 0.3) is 5.91 Å². The summed E-state index contributed by atoms with van der Waals surface area (Å²) in [5.74, 6) is -0.214. The van der Waals surface area contributed by atoms with Gasteiger partial charge >= 0.3 is 0 Å². The first-order chi connectivity index (χ1) is 10.1. The molecule has 0 atom stereocenters. The fourth-order valence-electron chi connectivity index (χ4n) is 2.81. The van der Waals surface area contributed by atoms with E-state index in [-0.39, 0.29) is 5.91 Å². The van der Waals surface area contributed by atoms with Crippen molar-refractivity contribution < 1.29 is 4.79 Å². The summed E-state index contributed by atoms with van der Waals surface area (Å²) in [7, 11) is 0. The molecule has 0 spiro atoms. The number of rotatable bonds is 2. The molecular weight excluding hydrogens is 284 g/mol. The van der Waals surface area contributed by atoms with Crippen LogP contribution in [0.25, 0.3) is 0 Å². The van der Waals surface area contributed by atoms with Crippen LogP contribution in [-0.4, -0.2) is 5.91 Å². The average molecular weight is 301 g/mol. The molecule has 1 aliphatic carbocycles. The Kier molecular flexibility index (Phi) is 3.84. The zero-order valence-electron chi connectivity index (χ0n) is 11.7. The Morgan fingerprint density at radius 3 is 2.81 bits per heavy atom. The average Bonchev–Trinajstić information content (AvgIpc) is 2.50. The molecule has 0 heterocycles. The minimum absolute atomic E-state index is 0.214. The zero-order chi connectivity index (χ0) is 14.8. The maximum Gasteiger partial charge on any atom is 0.257 e. The molecule has 1 amide bonds. The van der Waals surface area contributed by atoms with Gasteiger partial charge in [0.05, 0.1) is 5.56 Å². The van der Waals surface area contributed by atoms with Crippen LogP contribution in [0, 0.1) is 0 Å². The second-order valence-corrected chi connectivity index (χ2v) is 5.77. The van der Waals surface area contributed by atoms with Crippen LogP contribution in [0.3, 0.4) is 0 Å². The SMILES string of the molecule is Nc1ccc(Cl)cc1C(=O)Nc1cccc2c1CCCC2. The highest BCUT2D eigenvalue weighted by Crippen LogP contribution is 2.28. The molecule has 0 saturated carbocycles. The van der Waals surface area contributed by atoms with Gasteiger partial charge in [0, 0.05) is 16.4 Å². The number of aryl methyl sites for hydroxylation is 1. The first kappa shape index (κ1) is 14.0. The standard InChI is InChI=1S/C17H17ClN2O/c18-12-8-9-15(19)14(10-12)17(21)20-16-7-3-5-11-4-1-2-6-13(11)16/h3,5,7-10H,1-2,4,6,19H2,(H,20,21). The lowest BCUT2D eigenvalue weighted by Gasteiger charge is -2.19. The van der Waals surface area contributed by atoms with Crippen LogP contribution in [0.2, 0.25) is 5.02 Å². The molecule has 2 aromatic carbocycles. The molecule has 0 radical (unpaired) electrons. The molecule has 0 unspecified atom stereocenters. The Morgan fingerprint density at radius 2 is 1.95 bits per heavy atom. The van der Waals surface area contributed by atoms with Crippen molar-refractivity contribution in [1.29, 1.82) is 0 Å². The number of amides is 1. The van der Waals surface area contributed by atoms with Crippen molar-refractivity contribution in [2.75, 3.05) is 11.1 Å². The molecule has 3 N–H and O–H groups in total. The molecule has 4 heteroatoms. The number of hydrogen-bond donors (Lipinski definition) is 2. The van der Waals surface area contributed by atoms with E-state index in [2.05, 4.69) is 11.4 Å². The largest absolute Gasteiger partial charge is 0.398 e. The van der Waals surface area contributed by atoms with Crippen molar-refractivity contribution in [3.05, 3.63) is 58.1 Å². The molecule has 1 aliphatic rings. The summed E-state index contributed by atoms with van der Waals surface area (Å²) in [5, 5.41) is 3.48. The molecule has 21 heavy (non-hydrogen) atoms. The third-order valence-electron chi connectivity index (χ3n) is 3.90. The summed E-state index contributed by atoms with van der Waals surface area (Å²) in [5.41, 5.74) is 10.2. The van der Waals surface area contributed by atoms with E-state index in [1.807, 2.05) is 12.1 Å². The minimum Gasteiger partial charge on any atom is -0.398 e. The topological polar surface area (TPSA) is 55.1 Å². The fraction of sp³-hybridized carbons (Fsp3) is 0.235. The number of fused-ring (bicyclic) bond motifs is 1. The van der Waals surface area contributed by atoms with Gasteiger partial charge in [0.2, 0.25) is 0 Å². The molecule has 108 valence electrons. The molecule has 3 rings (SSSR count). The van der Waals surface area contributed by atoms with Gasteiger partial charge in [0.1, 0.15) is 0 Å². The molecule has 0 bridgehead atoms. The second kappa shape index (κ2) is 5.78. The summed E-state index contributed by atoms with van der Waals surface area (Å²) < 4.78 is 0. The first-order valence-corrected chi connectivity index (χ1v) is 7.50. The number of halogens is 1. The first-order valence-electron chi connectivity index (χ1n) is 7.12. The monoisotopic (exact) mass is 300 g/mol. The lowest BCUT2D eigenvalue weighted by Crippen LogP contribution is -2.16. The number of nitrogens with one attached hydrogen (secondary N) is 1. The van der Waals surface area contributed by atoms with Crippen molar-refractivity contribution in [2.24, 2.45) is 0 Å². The van der Waals surface area contributed by atoms with Gasteiger partial charge in [-0.15, -0.1) is 0 Å². The third kappa shape index (κ3) is 2.88. The fourth-order valence-corrected chi connectivity index (χ4v) is 2.99. The Bertz CT molecular complexity index is 697. The highest BCUT2D eigenvalue weighted by atomic mass is 35.5. The normalized spacial score (nSPS) is 13.6.